The highest BCUT2D eigenvalue weighted by molar-refractivity contribution is 5.92. The number of hydrogen-bond donors (Lipinski definition) is 1. The number of carbonyl (C=O) groups is 1. The van der Waals surface area contributed by atoms with E-state index in [1.807, 2.05) is 5.32 Å². The number of halogens is 5. The number of nitrogens with zero attached hydrogens (tertiary/aromatic N) is 1. The van der Waals surface area contributed by atoms with Crippen LogP contribution in [0.1, 0.15) is 13.8 Å². The second kappa shape index (κ2) is 5.44. The molecular formula is C11H15F5N2O. The minimum Gasteiger partial charge on any atom is -0.348 e. The van der Waals surface area contributed by atoms with Crippen LogP contribution in [0.2, 0.25) is 0 Å². The lowest BCUT2D eigenvalue weighted by Gasteiger charge is -2.34. The first-order valence-electron chi connectivity index (χ1n) is 5.57. The van der Waals surface area contributed by atoms with Crippen molar-refractivity contribution in [2.75, 3.05) is 6.54 Å². The molecule has 0 bridgehead atoms. The molecule has 0 aromatic carbocycles. The second-order valence-corrected chi connectivity index (χ2v) is 4.65. The van der Waals surface area contributed by atoms with Gasteiger partial charge < -0.3 is 5.32 Å². The molecule has 0 radical (unpaired) electrons. The molecule has 0 aliphatic carbocycles. The van der Waals surface area contributed by atoms with Gasteiger partial charge in [-0.05, 0) is 13.8 Å². The third-order valence-electron chi connectivity index (χ3n) is 2.86. The van der Waals surface area contributed by atoms with Crippen molar-refractivity contribution in [2.24, 2.45) is 0 Å². The highest BCUT2D eigenvalue weighted by Gasteiger charge is 2.58. The Balaban J connectivity index is 2.77. The quantitative estimate of drug-likeness (QED) is 0.487. The number of likely N-dealkylation sites (tertiary alicyclic amines) is 1. The number of hydrogen-bond acceptors (Lipinski definition) is 2. The molecule has 0 saturated carbocycles. The Morgan fingerprint density at radius 2 is 1.68 bits per heavy atom. The summed E-state index contributed by atoms with van der Waals surface area (Å²) in [6.45, 7) is 4.56. The van der Waals surface area contributed by atoms with E-state index in [4.69, 9.17) is 0 Å². The van der Waals surface area contributed by atoms with E-state index in [0.717, 1.165) is 6.92 Å². The van der Waals surface area contributed by atoms with Crippen molar-refractivity contribution in [1.29, 1.82) is 0 Å². The molecule has 1 aliphatic heterocycles. The maximum Gasteiger partial charge on any atom is 0.246 e. The van der Waals surface area contributed by atoms with Crippen molar-refractivity contribution in [1.82, 2.24) is 10.2 Å². The Hall–Kier alpha value is -1.18. The Morgan fingerprint density at radius 3 is 2.05 bits per heavy atom. The normalized spacial score (nSPS) is 34.9. The molecule has 1 rings (SSSR count). The predicted octanol–water partition coefficient (Wildman–Crippen LogP) is 1.95. The minimum atomic E-state index is -2.77. The van der Waals surface area contributed by atoms with Crippen LogP contribution in [0.15, 0.2) is 12.2 Å². The van der Waals surface area contributed by atoms with Gasteiger partial charge in [-0.1, -0.05) is 6.58 Å². The first-order chi connectivity index (χ1) is 8.59. The van der Waals surface area contributed by atoms with E-state index in [-0.39, 0.29) is 10.5 Å². The van der Waals surface area contributed by atoms with E-state index < -0.39 is 43.2 Å². The smallest absolute Gasteiger partial charge is 0.246 e. The highest BCUT2D eigenvalue weighted by Crippen LogP contribution is 2.37. The molecule has 1 fully saturated rings. The monoisotopic (exact) mass is 286 g/mol. The van der Waals surface area contributed by atoms with Crippen molar-refractivity contribution in [3.8, 4) is 0 Å². The Kier molecular flexibility index (Phi) is 4.54. The molecular weight excluding hydrogens is 271 g/mol. The summed E-state index contributed by atoms with van der Waals surface area (Å²) in [5.41, 5.74) is 0.0672. The van der Waals surface area contributed by atoms with E-state index in [9.17, 15) is 26.7 Å². The molecule has 8 heteroatoms. The summed E-state index contributed by atoms with van der Waals surface area (Å²) in [5.74, 6) is -3.49. The van der Waals surface area contributed by atoms with Gasteiger partial charge in [0.1, 0.15) is 0 Å². The zero-order valence-electron chi connectivity index (χ0n) is 10.5. The van der Waals surface area contributed by atoms with E-state index in [1.54, 1.807) is 0 Å². The first-order valence-corrected chi connectivity index (χ1v) is 5.57. The van der Waals surface area contributed by atoms with Crippen LogP contribution < -0.4 is 5.32 Å². The van der Waals surface area contributed by atoms with E-state index in [0.29, 0.717) is 0 Å². The van der Waals surface area contributed by atoms with E-state index in [1.165, 1.54) is 6.92 Å². The standard InChI is InChI=1S/C11H15F5N2O/c1-5(2)10(19)17-4-11(3,16)18-8(14)6(12)7(13)9(18)15/h6-9H,1,4H2,2-3H3,(H,17,19). The molecule has 110 valence electrons. The summed E-state index contributed by atoms with van der Waals surface area (Å²) in [6, 6.07) is 0. The molecule has 1 aliphatic rings. The van der Waals surface area contributed by atoms with Crippen LogP contribution in [0.5, 0.6) is 0 Å². The van der Waals surface area contributed by atoms with Crippen LogP contribution >= 0.6 is 0 Å². The fourth-order valence-electron chi connectivity index (χ4n) is 1.74. The number of carbonyl (C=O) groups excluding carboxylic acids is 1. The van der Waals surface area contributed by atoms with Crippen LogP contribution in [0.3, 0.4) is 0 Å². The second-order valence-electron chi connectivity index (χ2n) is 4.65. The highest BCUT2D eigenvalue weighted by atomic mass is 19.2. The predicted molar refractivity (Wildman–Crippen MR) is 58.8 cm³/mol. The van der Waals surface area contributed by atoms with Crippen molar-refractivity contribution in [3.05, 3.63) is 12.2 Å². The summed E-state index contributed by atoms with van der Waals surface area (Å²) < 4.78 is 66.8. The summed E-state index contributed by atoms with van der Waals surface area (Å²) in [4.78, 5) is 11.0. The fraction of sp³-hybridized carbons (Fsp3) is 0.727. The first kappa shape index (κ1) is 15.9. The van der Waals surface area contributed by atoms with Gasteiger partial charge in [0.05, 0.1) is 6.54 Å². The third-order valence-corrected chi connectivity index (χ3v) is 2.86. The lowest BCUT2D eigenvalue weighted by molar-refractivity contribution is -0.134. The van der Waals surface area contributed by atoms with Crippen LogP contribution in [0, 0.1) is 0 Å². The molecule has 5 atom stereocenters. The van der Waals surface area contributed by atoms with Crippen molar-refractivity contribution in [3.63, 3.8) is 0 Å². The molecule has 1 heterocycles. The maximum atomic E-state index is 14.1. The van der Waals surface area contributed by atoms with Crippen molar-refractivity contribution >= 4 is 5.91 Å². The number of alkyl halides is 5. The summed E-state index contributed by atoms with van der Waals surface area (Å²) in [5, 5.41) is 2.04. The zero-order valence-corrected chi connectivity index (χ0v) is 10.5. The number of nitrogens with one attached hydrogen (secondary N) is 1. The summed E-state index contributed by atoms with van der Waals surface area (Å²) in [7, 11) is 0. The average Bonchev–Trinajstić information content (AvgIpc) is 2.51. The zero-order chi connectivity index (χ0) is 15.0. The summed E-state index contributed by atoms with van der Waals surface area (Å²) >= 11 is 0. The molecule has 0 aromatic heterocycles. The molecule has 5 unspecified atom stereocenters. The third kappa shape index (κ3) is 3.05. The van der Waals surface area contributed by atoms with Gasteiger partial charge in [-0.15, -0.1) is 0 Å². The molecule has 19 heavy (non-hydrogen) atoms. The van der Waals surface area contributed by atoms with Gasteiger partial charge in [-0.25, -0.2) is 26.9 Å². The van der Waals surface area contributed by atoms with Gasteiger partial charge in [0.25, 0.3) is 0 Å². The largest absolute Gasteiger partial charge is 0.348 e. The lowest BCUT2D eigenvalue weighted by atomic mass is 10.2. The maximum absolute atomic E-state index is 14.1. The molecule has 1 saturated heterocycles. The van der Waals surface area contributed by atoms with Crippen molar-refractivity contribution < 1.29 is 26.7 Å². The number of amides is 1. The van der Waals surface area contributed by atoms with Gasteiger partial charge in [-0.3, -0.25) is 4.79 Å². The molecule has 1 N–H and O–H groups in total. The van der Waals surface area contributed by atoms with Crippen molar-refractivity contribution in [2.45, 2.75) is 44.6 Å². The topological polar surface area (TPSA) is 32.3 Å². The van der Waals surface area contributed by atoms with Gasteiger partial charge in [-0.2, -0.15) is 0 Å². The Labute approximate surface area is 107 Å². The minimum absolute atomic E-state index is 0.0672. The van der Waals surface area contributed by atoms with E-state index >= 15 is 0 Å². The van der Waals surface area contributed by atoms with Gasteiger partial charge >= 0.3 is 0 Å². The van der Waals surface area contributed by atoms with Gasteiger partial charge in [0.2, 0.25) is 5.91 Å². The van der Waals surface area contributed by atoms with Gasteiger partial charge in [0.15, 0.2) is 30.7 Å². The van der Waals surface area contributed by atoms with Crippen LogP contribution in [-0.2, 0) is 4.79 Å². The lowest BCUT2D eigenvalue weighted by Crippen LogP contribution is -2.54. The Morgan fingerprint density at radius 1 is 1.26 bits per heavy atom. The molecule has 1 amide bonds. The molecule has 0 spiro atoms. The summed E-state index contributed by atoms with van der Waals surface area (Å²) in [6.07, 6.45) is -11.0. The molecule has 0 aromatic rings. The van der Waals surface area contributed by atoms with Crippen LogP contribution in [-0.4, -0.2) is 48.1 Å². The van der Waals surface area contributed by atoms with Crippen LogP contribution in [0.25, 0.3) is 0 Å². The SMILES string of the molecule is C=C(C)C(=O)NCC(C)(F)N1C(F)C(F)C(F)C1F. The number of rotatable bonds is 4. The van der Waals surface area contributed by atoms with Gasteiger partial charge in [0, 0.05) is 5.57 Å². The average molecular weight is 286 g/mol. The Bertz CT molecular complexity index is 362. The fourth-order valence-corrected chi connectivity index (χ4v) is 1.74. The van der Waals surface area contributed by atoms with Crippen LogP contribution in [0.4, 0.5) is 22.0 Å². The van der Waals surface area contributed by atoms with E-state index in [2.05, 4.69) is 6.58 Å². The molecule has 3 nitrogen and oxygen atoms in total.